The Bertz CT molecular complexity index is 249. The van der Waals surface area contributed by atoms with Gasteiger partial charge in [-0.3, -0.25) is 9.69 Å². The van der Waals surface area contributed by atoms with Crippen LogP contribution in [0.15, 0.2) is 0 Å². The molecule has 1 saturated carbocycles. The van der Waals surface area contributed by atoms with Gasteiger partial charge in [0.25, 0.3) is 0 Å². The lowest BCUT2D eigenvalue weighted by Gasteiger charge is -2.22. The van der Waals surface area contributed by atoms with Crippen LogP contribution in [0.3, 0.4) is 0 Å². The van der Waals surface area contributed by atoms with Crippen molar-refractivity contribution in [3.63, 3.8) is 0 Å². The van der Waals surface area contributed by atoms with E-state index in [4.69, 9.17) is 4.74 Å². The standard InChI is InChI=1S/C10H16F3NO2/c1-7(2)16-9(15)5-14(8-3-4-8)6-10(11,12)13/h7-8H,3-6H2,1-2H3. The van der Waals surface area contributed by atoms with E-state index < -0.39 is 18.7 Å². The zero-order valence-corrected chi connectivity index (χ0v) is 9.38. The van der Waals surface area contributed by atoms with Gasteiger partial charge >= 0.3 is 12.1 Å². The number of nitrogens with zero attached hydrogens (tertiary/aromatic N) is 1. The van der Waals surface area contributed by atoms with E-state index in [0.717, 1.165) is 17.7 Å². The molecule has 94 valence electrons. The predicted molar refractivity (Wildman–Crippen MR) is 51.9 cm³/mol. The monoisotopic (exact) mass is 239 g/mol. The molecule has 0 N–H and O–H groups in total. The quantitative estimate of drug-likeness (QED) is 0.687. The summed E-state index contributed by atoms with van der Waals surface area (Å²) in [5.74, 6) is -0.592. The van der Waals surface area contributed by atoms with Crippen molar-refractivity contribution in [1.82, 2.24) is 4.90 Å². The molecule has 0 heterocycles. The van der Waals surface area contributed by atoms with Crippen molar-refractivity contribution in [2.45, 2.75) is 45.0 Å². The Balaban J connectivity index is 2.42. The number of alkyl halides is 3. The molecule has 0 aliphatic heterocycles. The summed E-state index contributed by atoms with van der Waals surface area (Å²) in [7, 11) is 0. The Hall–Kier alpha value is -0.780. The molecule has 1 fully saturated rings. The molecular formula is C10H16F3NO2. The maximum absolute atomic E-state index is 12.2. The molecule has 3 nitrogen and oxygen atoms in total. The van der Waals surface area contributed by atoms with E-state index in [1.54, 1.807) is 13.8 Å². The molecule has 0 aromatic heterocycles. The van der Waals surface area contributed by atoms with Crippen LogP contribution in [0, 0.1) is 0 Å². The van der Waals surface area contributed by atoms with Gasteiger partial charge in [0.1, 0.15) is 0 Å². The number of hydrogen-bond acceptors (Lipinski definition) is 3. The first-order chi connectivity index (χ1) is 7.28. The van der Waals surface area contributed by atoms with Crippen LogP contribution in [0.1, 0.15) is 26.7 Å². The molecule has 1 rings (SSSR count). The fourth-order valence-electron chi connectivity index (χ4n) is 1.45. The minimum Gasteiger partial charge on any atom is -0.462 e. The van der Waals surface area contributed by atoms with Gasteiger partial charge in [0.15, 0.2) is 0 Å². The maximum atomic E-state index is 12.2. The molecule has 0 unspecified atom stereocenters. The summed E-state index contributed by atoms with van der Waals surface area (Å²) < 4.78 is 41.5. The summed E-state index contributed by atoms with van der Waals surface area (Å²) in [5.41, 5.74) is 0. The summed E-state index contributed by atoms with van der Waals surface area (Å²) in [6, 6.07) is -0.110. The Labute approximate surface area is 92.5 Å². The molecule has 1 aliphatic carbocycles. The number of carbonyl (C=O) groups is 1. The van der Waals surface area contributed by atoms with E-state index in [0.29, 0.717) is 0 Å². The molecule has 0 aromatic carbocycles. The van der Waals surface area contributed by atoms with Gasteiger partial charge in [0.05, 0.1) is 19.2 Å². The van der Waals surface area contributed by atoms with Gasteiger partial charge in [-0.15, -0.1) is 0 Å². The van der Waals surface area contributed by atoms with Crippen LogP contribution in [0.25, 0.3) is 0 Å². The predicted octanol–water partition coefficient (Wildman–Crippen LogP) is 1.96. The average Bonchev–Trinajstić information content (AvgIpc) is 2.79. The third kappa shape index (κ3) is 5.34. The highest BCUT2D eigenvalue weighted by Gasteiger charge is 2.39. The Morgan fingerprint density at radius 3 is 2.38 bits per heavy atom. The van der Waals surface area contributed by atoms with Gasteiger partial charge in [0.2, 0.25) is 0 Å². The van der Waals surface area contributed by atoms with Crippen LogP contribution in [0.5, 0.6) is 0 Å². The minimum atomic E-state index is -4.26. The van der Waals surface area contributed by atoms with Crippen molar-refractivity contribution in [3.05, 3.63) is 0 Å². The van der Waals surface area contributed by atoms with Crippen LogP contribution in [-0.2, 0) is 9.53 Å². The normalized spacial score (nSPS) is 16.9. The Morgan fingerprint density at radius 2 is 2.00 bits per heavy atom. The summed E-state index contributed by atoms with van der Waals surface area (Å²) in [6.07, 6.45) is -3.10. The van der Waals surface area contributed by atoms with E-state index in [-0.39, 0.29) is 18.7 Å². The zero-order chi connectivity index (χ0) is 12.3. The molecule has 0 bridgehead atoms. The maximum Gasteiger partial charge on any atom is 0.401 e. The molecule has 1 aliphatic rings. The number of rotatable bonds is 5. The second-order valence-electron chi connectivity index (χ2n) is 4.29. The second-order valence-corrected chi connectivity index (χ2v) is 4.29. The third-order valence-corrected chi connectivity index (χ3v) is 2.14. The number of halogens is 3. The van der Waals surface area contributed by atoms with Crippen molar-refractivity contribution in [2.75, 3.05) is 13.1 Å². The molecule has 0 spiro atoms. The summed E-state index contributed by atoms with van der Waals surface area (Å²) in [6.45, 7) is 2.03. The van der Waals surface area contributed by atoms with E-state index in [1.165, 1.54) is 0 Å². The van der Waals surface area contributed by atoms with Gasteiger partial charge in [-0.1, -0.05) is 0 Å². The number of hydrogen-bond donors (Lipinski definition) is 0. The average molecular weight is 239 g/mol. The van der Waals surface area contributed by atoms with Crippen LogP contribution < -0.4 is 0 Å². The molecule has 0 saturated heterocycles. The van der Waals surface area contributed by atoms with E-state index >= 15 is 0 Å². The molecule has 0 radical (unpaired) electrons. The Morgan fingerprint density at radius 1 is 1.44 bits per heavy atom. The topological polar surface area (TPSA) is 29.5 Å². The van der Waals surface area contributed by atoms with Crippen molar-refractivity contribution in [2.24, 2.45) is 0 Å². The molecule has 0 aromatic rings. The largest absolute Gasteiger partial charge is 0.462 e. The SMILES string of the molecule is CC(C)OC(=O)CN(CC(F)(F)F)C1CC1. The first-order valence-corrected chi connectivity index (χ1v) is 5.28. The molecule has 16 heavy (non-hydrogen) atoms. The lowest BCUT2D eigenvalue weighted by Crippen LogP contribution is -2.40. The van der Waals surface area contributed by atoms with Gasteiger partial charge in [-0.25, -0.2) is 0 Å². The molecule has 0 amide bonds. The van der Waals surface area contributed by atoms with Crippen LogP contribution in [-0.4, -0.2) is 42.3 Å². The molecule has 6 heteroatoms. The van der Waals surface area contributed by atoms with Crippen LogP contribution in [0.2, 0.25) is 0 Å². The van der Waals surface area contributed by atoms with Crippen LogP contribution in [0.4, 0.5) is 13.2 Å². The minimum absolute atomic E-state index is 0.110. The summed E-state index contributed by atoms with van der Waals surface area (Å²) >= 11 is 0. The third-order valence-electron chi connectivity index (χ3n) is 2.14. The highest BCUT2D eigenvalue weighted by molar-refractivity contribution is 5.71. The van der Waals surface area contributed by atoms with E-state index in [9.17, 15) is 18.0 Å². The van der Waals surface area contributed by atoms with Gasteiger partial charge in [0, 0.05) is 6.04 Å². The second kappa shape index (κ2) is 5.03. The van der Waals surface area contributed by atoms with Crippen LogP contribution >= 0.6 is 0 Å². The summed E-state index contributed by atoms with van der Waals surface area (Å²) in [4.78, 5) is 12.4. The van der Waals surface area contributed by atoms with Gasteiger partial charge in [-0.2, -0.15) is 13.2 Å². The number of esters is 1. The zero-order valence-electron chi connectivity index (χ0n) is 9.38. The van der Waals surface area contributed by atoms with Crippen molar-refractivity contribution >= 4 is 5.97 Å². The van der Waals surface area contributed by atoms with E-state index in [1.807, 2.05) is 0 Å². The summed E-state index contributed by atoms with van der Waals surface area (Å²) in [5, 5.41) is 0. The van der Waals surface area contributed by atoms with Crippen molar-refractivity contribution in [1.29, 1.82) is 0 Å². The lowest BCUT2D eigenvalue weighted by atomic mass is 10.4. The Kier molecular flexibility index (Phi) is 4.18. The lowest BCUT2D eigenvalue weighted by molar-refractivity contribution is -0.160. The fraction of sp³-hybridized carbons (Fsp3) is 0.900. The number of carbonyl (C=O) groups excluding carboxylic acids is 1. The molecule has 0 atom stereocenters. The highest BCUT2D eigenvalue weighted by Crippen LogP contribution is 2.29. The van der Waals surface area contributed by atoms with Gasteiger partial charge in [-0.05, 0) is 26.7 Å². The first-order valence-electron chi connectivity index (χ1n) is 5.28. The molecular weight excluding hydrogens is 223 g/mol. The first kappa shape index (κ1) is 13.3. The number of ether oxygens (including phenoxy) is 1. The fourth-order valence-corrected chi connectivity index (χ4v) is 1.45. The van der Waals surface area contributed by atoms with Crippen molar-refractivity contribution in [3.8, 4) is 0 Å². The highest BCUT2D eigenvalue weighted by atomic mass is 19.4. The van der Waals surface area contributed by atoms with Gasteiger partial charge < -0.3 is 4.74 Å². The van der Waals surface area contributed by atoms with E-state index in [2.05, 4.69) is 0 Å². The smallest absolute Gasteiger partial charge is 0.401 e. The van der Waals surface area contributed by atoms with Crippen molar-refractivity contribution < 1.29 is 22.7 Å².